The van der Waals surface area contributed by atoms with Gasteiger partial charge in [0, 0.05) is 22.0 Å². The van der Waals surface area contributed by atoms with Crippen molar-refractivity contribution in [3.8, 4) is 0 Å². The van der Waals surface area contributed by atoms with Crippen LogP contribution < -0.4 is 5.32 Å². The molecule has 0 aliphatic heterocycles. The summed E-state index contributed by atoms with van der Waals surface area (Å²) in [4.78, 5) is 24.0. The van der Waals surface area contributed by atoms with E-state index in [1.54, 1.807) is 30.3 Å². The molecule has 1 amide bonds. The number of halogens is 2. The molecule has 0 unspecified atom stereocenters. The Bertz CT molecular complexity index is 811. The highest BCUT2D eigenvalue weighted by Gasteiger charge is 2.22. The Morgan fingerprint density at radius 1 is 1.08 bits per heavy atom. The molecule has 0 aromatic heterocycles. The Kier molecular flexibility index (Phi) is 6.32. The highest BCUT2D eigenvalue weighted by molar-refractivity contribution is 6.35. The van der Waals surface area contributed by atoms with Gasteiger partial charge in [0.15, 0.2) is 0 Å². The van der Waals surface area contributed by atoms with Crippen molar-refractivity contribution in [1.29, 1.82) is 0 Å². The molecule has 26 heavy (non-hydrogen) atoms. The lowest BCUT2D eigenvalue weighted by atomic mass is 9.86. The quantitative estimate of drug-likeness (QED) is 0.772. The predicted molar refractivity (Wildman–Crippen MR) is 104 cm³/mol. The van der Waals surface area contributed by atoms with Crippen molar-refractivity contribution in [2.45, 2.75) is 38.6 Å². The largest absolute Gasteiger partial charge is 0.480 e. The van der Waals surface area contributed by atoms with Crippen LogP contribution in [0.25, 0.3) is 0 Å². The molecular formula is C20H21Cl2NO3. The molecule has 0 radical (unpaired) electrons. The smallest absolute Gasteiger partial charge is 0.326 e. The molecule has 138 valence electrons. The molecule has 2 N–H and O–H groups in total. The van der Waals surface area contributed by atoms with E-state index in [1.165, 1.54) is 0 Å². The zero-order valence-electron chi connectivity index (χ0n) is 14.8. The first kappa shape index (κ1) is 20.3. The number of hydrogen-bond acceptors (Lipinski definition) is 2. The summed E-state index contributed by atoms with van der Waals surface area (Å²) in [5.74, 6) is -1.57. The maximum Gasteiger partial charge on any atom is 0.326 e. The van der Waals surface area contributed by atoms with Crippen molar-refractivity contribution in [1.82, 2.24) is 5.32 Å². The van der Waals surface area contributed by atoms with Gasteiger partial charge in [0.2, 0.25) is 0 Å². The fraction of sp³-hybridized carbons (Fsp3) is 0.300. The van der Waals surface area contributed by atoms with Gasteiger partial charge < -0.3 is 10.4 Å². The summed E-state index contributed by atoms with van der Waals surface area (Å²) < 4.78 is 0. The molecule has 2 rings (SSSR count). The minimum absolute atomic E-state index is 0.0239. The second kappa shape index (κ2) is 8.11. The van der Waals surface area contributed by atoms with E-state index < -0.39 is 17.9 Å². The fourth-order valence-corrected chi connectivity index (χ4v) is 2.96. The van der Waals surface area contributed by atoms with Crippen LogP contribution in [0.1, 0.15) is 42.3 Å². The zero-order valence-corrected chi connectivity index (χ0v) is 16.4. The summed E-state index contributed by atoms with van der Waals surface area (Å²) in [6.45, 7) is 6.25. The first-order valence-corrected chi connectivity index (χ1v) is 8.91. The molecule has 0 fully saturated rings. The van der Waals surface area contributed by atoms with Gasteiger partial charge in [0.25, 0.3) is 5.91 Å². The molecule has 0 bridgehead atoms. The number of carbonyl (C=O) groups excluding carboxylic acids is 1. The van der Waals surface area contributed by atoms with E-state index >= 15 is 0 Å². The van der Waals surface area contributed by atoms with Gasteiger partial charge >= 0.3 is 5.97 Å². The van der Waals surface area contributed by atoms with Crippen molar-refractivity contribution in [2.24, 2.45) is 0 Å². The number of benzene rings is 2. The van der Waals surface area contributed by atoms with E-state index in [0.717, 1.165) is 5.56 Å². The molecule has 0 aliphatic rings. The van der Waals surface area contributed by atoms with Gasteiger partial charge in [-0.25, -0.2) is 4.79 Å². The average molecular weight is 394 g/mol. The Morgan fingerprint density at radius 3 is 2.19 bits per heavy atom. The van der Waals surface area contributed by atoms with Gasteiger partial charge in [-0.15, -0.1) is 0 Å². The van der Waals surface area contributed by atoms with E-state index in [9.17, 15) is 14.7 Å². The number of nitrogens with one attached hydrogen (secondary N) is 1. The maximum absolute atomic E-state index is 12.4. The van der Waals surface area contributed by atoms with Gasteiger partial charge in [0.1, 0.15) is 6.04 Å². The predicted octanol–water partition coefficient (Wildman–Crippen LogP) is 4.72. The van der Waals surface area contributed by atoms with Crippen LogP contribution in [0, 0.1) is 0 Å². The van der Waals surface area contributed by atoms with Crippen LogP contribution in [0.3, 0.4) is 0 Å². The summed E-state index contributed by atoms with van der Waals surface area (Å²) in [6.07, 6.45) is 0.0666. The van der Waals surface area contributed by atoms with E-state index in [1.807, 2.05) is 12.1 Å². The van der Waals surface area contributed by atoms with E-state index in [2.05, 4.69) is 26.1 Å². The van der Waals surface area contributed by atoms with Crippen LogP contribution in [0.4, 0.5) is 0 Å². The highest BCUT2D eigenvalue weighted by atomic mass is 35.5. The number of carboxylic acid groups (broad SMARTS) is 1. The molecule has 1 atom stereocenters. The summed E-state index contributed by atoms with van der Waals surface area (Å²) in [7, 11) is 0. The van der Waals surface area contributed by atoms with Crippen LogP contribution in [0.2, 0.25) is 10.0 Å². The van der Waals surface area contributed by atoms with Crippen molar-refractivity contribution in [2.75, 3.05) is 0 Å². The van der Waals surface area contributed by atoms with Crippen molar-refractivity contribution in [3.05, 3.63) is 69.2 Å². The van der Waals surface area contributed by atoms with Crippen LogP contribution in [0.5, 0.6) is 0 Å². The third-order valence-corrected chi connectivity index (χ3v) is 4.64. The first-order chi connectivity index (χ1) is 12.1. The second-order valence-electron chi connectivity index (χ2n) is 7.13. The lowest BCUT2D eigenvalue weighted by Crippen LogP contribution is -2.42. The molecule has 0 saturated carbocycles. The molecule has 4 nitrogen and oxygen atoms in total. The van der Waals surface area contributed by atoms with Gasteiger partial charge in [-0.3, -0.25) is 4.79 Å². The van der Waals surface area contributed by atoms with Crippen LogP contribution in [-0.4, -0.2) is 23.0 Å². The van der Waals surface area contributed by atoms with Crippen LogP contribution >= 0.6 is 23.2 Å². The van der Waals surface area contributed by atoms with Crippen molar-refractivity contribution < 1.29 is 14.7 Å². The molecule has 0 spiro atoms. The van der Waals surface area contributed by atoms with Gasteiger partial charge in [-0.05, 0) is 40.8 Å². The van der Waals surface area contributed by atoms with E-state index in [-0.39, 0.29) is 11.8 Å². The molecule has 0 heterocycles. The van der Waals surface area contributed by atoms with Crippen LogP contribution in [0.15, 0.2) is 42.5 Å². The van der Waals surface area contributed by atoms with Crippen molar-refractivity contribution in [3.63, 3.8) is 0 Å². The topological polar surface area (TPSA) is 66.4 Å². The number of aliphatic carboxylic acids is 1. The fourth-order valence-electron chi connectivity index (χ4n) is 2.47. The van der Waals surface area contributed by atoms with Gasteiger partial charge in [-0.2, -0.15) is 0 Å². The SMILES string of the molecule is CC(C)(C)c1ccc(C(=O)N[C@H](Cc2ccc(Cl)cc2Cl)C(=O)O)cc1. The first-order valence-electron chi connectivity index (χ1n) is 8.16. The number of carbonyl (C=O) groups is 2. The number of rotatable bonds is 5. The summed E-state index contributed by atoms with van der Waals surface area (Å²) >= 11 is 12.0. The average Bonchev–Trinajstić information content (AvgIpc) is 2.55. The third kappa shape index (κ3) is 5.23. The Hall–Kier alpha value is -2.04. The van der Waals surface area contributed by atoms with E-state index in [0.29, 0.717) is 21.2 Å². The lowest BCUT2D eigenvalue weighted by molar-refractivity contribution is -0.139. The Morgan fingerprint density at radius 2 is 1.69 bits per heavy atom. The maximum atomic E-state index is 12.4. The van der Waals surface area contributed by atoms with Gasteiger partial charge in [0.05, 0.1) is 0 Å². The molecule has 6 heteroatoms. The van der Waals surface area contributed by atoms with E-state index in [4.69, 9.17) is 23.2 Å². The summed E-state index contributed by atoms with van der Waals surface area (Å²) in [6, 6.07) is 10.9. The minimum atomic E-state index is -1.13. The highest BCUT2D eigenvalue weighted by Crippen LogP contribution is 2.23. The number of amides is 1. The molecule has 2 aromatic carbocycles. The zero-order chi connectivity index (χ0) is 19.5. The Labute approximate surface area is 163 Å². The van der Waals surface area contributed by atoms with Crippen LogP contribution in [-0.2, 0) is 16.6 Å². The second-order valence-corrected chi connectivity index (χ2v) is 7.98. The van der Waals surface area contributed by atoms with Crippen molar-refractivity contribution >= 4 is 35.1 Å². The van der Waals surface area contributed by atoms with Gasteiger partial charge in [-0.1, -0.05) is 62.2 Å². The number of hydrogen-bond donors (Lipinski definition) is 2. The third-order valence-electron chi connectivity index (χ3n) is 4.06. The Balaban J connectivity index is 2.14. The summed E-state index contributed by atoms with van der Waals surface area (Å²) in [5, 5.41) is 12.8. The lowest BCUT2D eigenvalue weighted by Gasteiger charge is -2.19. The monoisotopic (exact) mass is 393 g/mol. The number of carboxylic acids is 1. The molecule has 2 aromatic rings. The molecule has 0 saturated heterocycles. The minimum Gasteiger partial charge on any atom is -0.480 e. The molecule has 0 aliphatic carbocycles. The summed E-state index contributed by atoms with van der Waals surface area (Å²) in [5.41, 5.74) is 2.08. The standard InChI is InChI=1S/C20H21Cl2NO3/c1-20(2,3)14-7-4-12(5-8-14)18(24)23-17(19(25)26)10-13-6-9-15(21)11-16(13)22/h4-9,11,17H,10H2,1-3H3,(H,23,24)(H,25,26)/t17-/m1/s1. The normalized spacial score (nSPS) is 12.5. The molecular weight excluding hydrogens is 373 g/mol.